The van der Waals surface area contributed by atoms with E-state index in [4.69, 9.17) is 15.2 Å². The Hall–Kier alpha value is -1.33. The molecule has 0 radical (unpaired) electrons. The van der Waals surface area contributed by atoms with Gasteiger partial charge < -0.3 is 20.1 Å². The van der Waals surface area contributed by atoms with Gasteiger partial charge in [0.05, 0.1) is 25.1 Å². The van der Waals surface area contributed by atoms with Gasteiger partial charge in [0.15, 0.2) is 0 Å². The summed E-state index contributed by atoms with van der Waals surface area (Å²) in [7, 11) is 0. The Bertz CT molecular complexity index is 307. The SMILES string of the molecule is CCOCCN(CCOCC)c1ccc(N)nc1. The van der Waals surface area contributed by atoms with E-state index >= 15 is 0 Å². The molecule has 102 valence electrons. The monoisotopic (exact) mass is 253 g/mol. The fraction of sp³-hybridized carbons (Fsp3) is 0.615. The maximum absolute atomic E-state index is 5.59. The summed E-state index contributed by atoms with van der Waals surface area (Å²) in [6.07, 6.45) is 1.78. The summed E-state index contributed by atoms with van der Waals surface area (Å²) in [5.74, 6) is 0.535. The average molecular weight is 253 g/mol. The van der Waals surface area contributed by atoms with E-state index in [1.54, 1.807) is 6.20 Å². The molecule has 0 spiro atoms. The molecule has 0 amide bonds. The molecule has 1 aromatic heterocycles. The quantitative estimate of drug-likeness (QED) is 0.676. The van der Waals surface area contributed by atoms with Gasteiger partial charge in [0.1, 0.15) is 5.82 Å². The number of pyridine rings is 1. The van der Waals surface area contributed by atoms with Crippen molar-refractivity contribution in [2.75, 3.05) is 50.2 Å². The Morgan fingerprint density at radius 2 is 1.72 bits per heavy atom. The predicted molar refractivity (Wildman–Crippen MR) is 73.8 cm³/mol. The van der Waals surface area contributed by atoms with Gasteiger partial charge in [-0.2, -0.15) is 0 Å². The lowest BCUT2D eigenvalue weighted by Gasteiger charge is -2.24. The van der Waals surface area contributed by atoms with Gasteiger partial charge in [-0.3, -0.25) is 0 Å². The molecule has 0 aliphatic heterocycles. The summed E-state index contributed by atoms with van der Waals surface area (Å²) in [5.41, 5.74) is 6.64. The second-order valence-corrected chi connectivity index (χ2v) is 3.82. The van der Waals surface area contributed by atoms with Crippen molar-refractivity contribution < 1.29 is 9.47 Å². The molecule has 5 heteroatoms. The number of nitrogens with two attached hydrogens (primary N) is 1. The first-order valence-corrected chi connectivity index (χ1v) is 6.39. The Balaban J connectivity index is 2.54. The second-order valence-electron chi connectivity index (χ2n) is 3.82. The van der Waals surface area contributed by atoms with E-state index in [-0.39, 0.29) is 0 Å². The third kappa shape index (κ3) is 5.33. The van der Waals surface area contributed by atoms with Crippen LogP contribution in [0.3, 0.4) is 0 Å². The van der Waals surface area contributed by atoms with Crippen LogP contribution < -0.4 is 10.6 Å². The number of rotatable bonds is 9. The molecule has 0 saturated carbocycles. The van der Waals surface area contributed by atoms with Crippen molar-refractivity contribution in [3.05, 3.63) is 18.3 Å². The third-order valence-electron chi connectivity index (χ3n) is 2.56. The molecule has 0 aliphatic rings. The van der Waals surface area contributed by atoms with Gasteiger partial charge in [-0.1, -0.05) is 0 Å². The molecule has 0 saturated heterocycles. The van der Waals surface area contributed by atoms with E-state index in [0.29, 0.717) is 19.0 Å². The topological polar surface area (TPSA) is 60.6 Å². The van der Waals surface area contributed by atoms with Crippen LogP contribution in [0.5, 0.6) is 0 Å². The smallest absolute Gasteiger partial charge is 0.123 e. The van der Waals surface area contributed by atoms with E-state index in [0.717, 1.165) is 32.0 Å². The van der Waals surface area contributed by atoms with Crippen molar-refractivity contribution in [2.24, 2.45) is 0 Å². The molecular formula is C13H23N3O2. The zero-order chi connectivity index (χ0) is 13.2. The largest absolute Gasteiger partial charge is 0.384 e. The van der Waals surface area contributed by atoms with Gasteiger partial charge in [-0.25, -0.2) is 4.98 Å². The lowest BCUT2D eigenvalue weighted by Crippen LogP contribution is -2.31. The molecule has 1 aromatic rings. The van der Waals surface area contributed by atoms with Crippen molar-refractivity contribution in [2.45, 2.75) is 13.8 Å². The predicted octanol–water partition coefficient (Wildman–Crippen LogP) is 1.54. The molecule has 5 nitrogen and oxygen atoms in total. The molecular weight excluding hydrogens is 230 g/mol. The van der Waals surface area contributed by atoms with Gasteiger partial charge in [-0.15, -0.1) is 0 Å². The van der Waals surface area contributed by atoms with Crippen LogP contribution in [-0.4, -0.2) is 44.5 Å². The minimum atomic E-state index is 0.535. The fourth-order valence-corrected chi connectivity index (χ4v) is 1.59. The first-order valence-electron chi connectivity index (χ1n) is 6.39. The Morgan fingerprint density at radius 3 is 2.17 bits per heavy atom. The third-order valence-corrected chi connectivity index (χ3v) is 2.56. The maximum atomic E-state index is 5.59. The highest BCUT2D eigenvalue weighted by molar-refractivity contribution is 5.47. The van der Waals surface area contributed by atoms with Crippen molar-refractivity contribution in [3.8, 4) is 0 Å². The van der Waals surface area contributed by atoms with Crippen LogP contribution >= 0.6 is 0 Å². The van der Waals surface area contributed by atoms with Crippen molar-refractivity contribution in [3.63, 3.8) is 0 Å². The summed E-state index contributed by atoms with van der Waals surface area (Å²) in [6.45, 7) is 8.52. The standard InChI is InChI=1S/C13H23N3O2/c1-3-17-9-7-16(8-10-18-4-2)12-5-6-13(14)15-11-12/h5-6,11H,3-4,7-10H2,1-2H3,(H2,14,15). The van der Waals surface area contributed by atoms with Crippen LogP contribution in [0, 0.1) is 0 Å². The minimum absolute atomic E-state index is 0.535. The van der Waals surface area contributed by atoms with Gasteiger partial charge >= 0.3 is 0 Å². The molecule has 0 bridgehead atoms. The summed E-state index contributed by atoms with van der Waals surface area (Å²) in [5, 5.41) is 0. The van der Waals surface area contributed by atoms with Crippen LogP contribution in [0.2, 0.25) is 0 Å². The number of nitrogen functional groups attached to an aromatic ring is 1. The molecule has 0 unspecified atom stereocenters. The van der Waals surface area contributed by atoms with E-state index in [1.807, 2.05) is 26.0 Å². The van der Waals surface area contributed by atoms with E-state index in [1.165, 1.54) is 0 Å². The zero-order valence-electron chi connectivity index (χ0n) is 11.3. The molecule has 1 rings (SSSR count). The molecule has 0 aliphatic carbocycles. The number of hydrogen-bond acceptors (Lipinski definition) is 5. The molecule has 18 heavy (non-hydrogen) atoms. The number of anilines is 2. The minimum Gasteiger partial charge on any atom is -0.384 e. The number of ether oxygens (including phenoxy) is 2. The van der Waals surface area contributed by atoms with Gasteiger partial charge in [0.25, 0.3) is 0 Å². The van der Waals surface area contributed by atoms with Crippen LogP contribution in [0.1, 0.15) is 13.8 Å². The highest BCUT2D eigenvalue weighted by atomic mass is 16.5. The fourth-order valence-electron chi connectivity index (χ4n) is 1.59. The lowest BCUT2D eigenvalue weighted by atomic mass is 10.3. The summed E-state index contributed by atoms with van der Waals surface area (Å²) < 4.78 is 10.8. The highest BCUT2D eigenvalue weighted by Gasteiger charge is 2.06. The number of nitrogens with zero attached hydrogens (tertiary/aromatic N) is 2. The van der Waals surface area contributed by atoms with Crippen LogP contribution in [-0.2, 0) is 9.47 Å². The van der Waals surface area contributed by atoms with E-state index < -0.39 is 0 Å². The van der Waals surface area contributed by atoms with Gasteiger partial charge in [0, 0.05) is 26.3 Å². The van der Waals surface area contributed by atoms with Crippen molar-refractivity contribution >= 4 is 11.5 Å². The van der Waals surface area contributed by atoms with Gasteiger partial charge in [0.2, 0.25) is 0 Å². The second kappa shape index (κ2) is 8.72. The van der Waals surface area contributed by atoms with Gasteiger partial charge in [-0.05, 0) is 26.0 Å². The normalized spacial score (nSPS) is 10.6. The van der Waals surface area contributed by atoms with Crippen molar-refractivity contribution in [1.29, 1.82) is 0 Å². The summed E-state index contributed by atoms with van der Waals surface area (Å²) in [4.78, 5) is 6.30. The number of aromatic nitrogens is 1. The zero-order valence-corrected chi connectivity index (χ0v) is 11.3. The summed E-state index contributed by atoms with van der Waals surface area (Å²) in [6, 6.07) is 3.78. The maximum Gasteiger partial charge on any atom is 0.123 e. The van der Waals surface area contributed by atoms with Crippen LogP contribution in [0.4, 0.5) is 11.5 Å². The number of hydrogen-bond donors (Lipinski definition) is 1. The molecule has 2 N–H and O–H groups in total. The lowest BCUT2D eigenvalue weighted by molar-refractivity contribution is 0.141. The molecule has 0 aromatic carbocycles. The Kier molecular flexibility index (Phi) is 7.13. The average Bonchev–Trinajstić information content (AvgIpc) is 2.38. The van der Waals surface area contributed by atoms with Crippen molar-refractivity contribution in [1.82, 2.24) is 4.98 Å². The highest BCUT2D eigenvalue weighted by Crippen LogP contribution is 2.13. The first kappa shape index (κ1) is 14.7. The van der Waals surface area contributed by atoms with E-state index in [2.05, 4.69) is 9.88 Å². The van der Waals surface area contributed by atoms with E-state index in [9.17, 15) is 0 Å². The van der Waals surface area contributed by atoms with Crippen LogP contribution in [0.25, 0.3) is 0 Å². The Morgan fingerprint density at radius 1 is 1.11 bits per heavy atom. The van der Waals surface area contributed by atoms with Crippen LogP contribution in [0.15, 0.2) is 18.3 Å². The summed E-state index contributed by atoms with van der Waals surface area (Å²) >= 11 is 0. The first-order chi connectivity index (χ1) is 8.77. The molecule has 1 heterocycles. The molecule has 0 fully saturated rings. The Labute approximate surface area is 109 Å². The molecule has 0 atom stereocenters.